The molecule has 8 heteroatoms. The van der Waals surface area contributed by atoms with Gasteiger partial charge < -0.3 is 9.88 Å². The second-order valence-corrected chi connectivity index (χ2v) is 9.50. The van der Waals surface area contributed by atoms with E-state index in [9.17, 15) is 22.4 Å². The SMILES string of the molecule is Cc1cc(CC2CCc3nc(C(=O)NC(C)CCc4cccc(C(F)(F)F)c4)cn3C2)ccc1F. The molecule has 0 saturated carbocycles. The number of benzene rings is 2. The first kappa shape index (κ1) is 24.9. The zero-order chi connectivity index (χ0) is 25.2. The number of aromatic nitrogens is 2. The largest absolute Gasteiger partial charge is 0.416 e. The maximum Gasteiger partial charge on any atom is 0.416 e. The molecule has 2 atom stereocenters. The van der Waals surface area contributed by atoms with Crippen molar-refractivity contribution in [3.8, 4) is 0 Å². The lowest BCUT2D eigenvalue weighted by Gasteiger charge is -2.23. The third-order valence-electron chi connectivity index (χ3n) is 6.57. The van der Waals surface area contributed by atoms with Gasteiger partial charge in [-0.3, -0.25) is 4.79 Å². The molecule has 2 aromatic carbocycles. The second kappa shape index (κ2) is 10.2. The van der Waals surface area contributed by atoms with Gasteiger partial charge in [-0.25, -0.2) is 9.37 Å². The molecule has 0 spiro atoms. The molecule has 2 heterocycles. The van der Waals surface area contributed by atoms with E-state index in [-0.39, 0.29) is 17.8 Å². The summed E-state index contributed by atoms with van der Waals surface area (Å²) in [6.45, 7) is 4.35. The maximum atomic E-state index is 13.5. The molecule has 0 bridgehead atoms. The minimum absolute atomic E-state index is 0.200. The Balaban J connectivity index is 1.31. The summed E-state index contributed by atoms with van der Waals surface area (Å²) in [5.41, 5.74) is 2.01. The van der Waals surface area contributed by atoms with Gasteiger partial charge in [-0.1, -0.05) is 30.3 Å². The third kappa shape index (κ3) is 6.29. The standard InChI is InChI=1S/C27H29F4N3O/c1-17-12-20(8-10-23(17)28)13-21-9-11-25-33-24(16-34(25)15-21)26(35)32-18(2)6-7-19-4-3-5-22(14-19)27(29,30)31/h3-5,8,10,12,14,16,18,21H,6-7,9,11,13,15H2,1-2H3,(H,32,35). The van der Waals surface area contributed by atoms with Crippen LogP contribution in [0, 0.1) is 18.7 Å². The van der Waals surface area contributed by atoms with Gasteiger partial charge in [0.05, 0.1) is 5.56 Å². The number of nitrogens with zero attached hydrogens (tertiary/aromatic N) is 2. The molecule has 4 rings (SSSR count). The van der Waals surface area contributed by atoms with Gasteiger partial charge in [-0.15, -0.1) is 0 Å². The van der Waals surface area contributed by atoms with Crippen LogP contribution in [0.3, 0.4) is 0 Å². The second-order valence-electron chi connectivity index (χ2n) is 9.50. The number of fused-ring (bicyclic) bond motifs is 1. The van der Waals surface area contributed by atoms with E-state index < -0.39 is 11.7 Å². The molecule has 3 aromatic rings. The van der Waals surface area contributed by atoms with Crippen molar-refractivity contribution in [1.82, 2.24) is 14.9 Å². The van der Waals surface area contributed by atoms with Crippen molar-refractivity contribution in [2.75, 3.05) is 0 Å². The van der Waals surface area contributed by atoms with Crippen LogP contribution < -0.4 is 5.32 Å². The average Bonchev–Trinajstić information content (AvgIpc) is 3.23. The van der Waals surface area contributed by atoms with Crippen molar-refractivity contribution >= 4 is 5.91 Å². The van der Waals surface area contributed by atoms with E-state index >= 15 is 0 Å². The Morgan fingerprint density at radius 2 is 2.00 bits per heavy atom. The summed E-state index contributed by atoms with van der Waals surface area (Å²) in [5.74, 6) is 0.769. The van der Waals surface area contributed by atoms with Gasteiger partial charge in [-0.05, 0) is 74.3 Å². The van der Waals surface area contributed by atoms with Crippen molar-refractivity contribution in [3.63, 3.8) is 0 Å². The van der Waals surface area contributed by atoms with Crippen molar-refractivity contribution in [1.29, 1.82) is 0 Å². The lowest BCUT2D eigenvalue weighted by Crippen LogP contribution is -2.33. The van der Waals surface area contributed by atoms with E-state index in [1.807, 2.05) is 23.6 Å². The maximum absolute atomic E-state index is 13.5. The molecular weight excluding hydrogens is 458 g/mol. The van der Waals surface area contributed by atoms with Crippen LogP contribution in [0.2, 0.25) is 0 Å². The summed E-state index contributed by atoms with van der Waals surface area (Å²) in [7, 11) is 0. The summed E-state index contributed by atoms with van der Waals surface area (Å²) >= 11 is 0. The van der Waals surface area contributed by atoms with E-state index in [4.69, 9.17) is 0 Å². The van der Waals surface area contributed by atoms with Crippen LogP contribution in [0.5, 0.6) is 0 Å². The minimum Gasteiger partial charge on any atom is -0.348 e. The summed E-state index contributed by atoms with van der Waals surface area (Å²) in [5, 5.41) is 2.91. The number of amides is 1. The van der Waals surface area contributed by atoms with Crippen LogP contribution in [0.4, 0.5) is 17.6 Å². The first-order chi connectivity index (χ1) is 16.6. The number of nitrogens with one attached hydrogen (secondary N) is 1. The van der Waals surface area contributed by atoms with E-state index in [1.165, 1.54) is 12.1 Å². The van der Waals surface area contributed by atoms with Gasteiger partial charge in [-0.2, -0.15) is 13.2 Å². The van der Waals surface area contributed by atoms with Gasteiger partial charge in [0.15, 0.2) is 0 Å². The average molecular weight is 488 g/mol. The number of hydrogen-bond donors (Lipinski definition) is 1. The van der Waals surface area contributed by atoms with Crippen LogP contribution in [-0.2, 0) is 32.0 Å². The lowest BCUT2D eigenvalue weighted by molar-refractivity contribution is -0.137. The number of hydrogen-bond acceptors (Lipinski definition) is 2. The summed E-state index contributed by atoms with van der Waals surface area (Å²) < 4.78 is 54.3. The zero-order valence-corrected chi connectivity index (χ0v) is 19.8. The lowest BCUT2D eigenvalue weighted by atomic mass is 9.91. The van der Waals surface area contributed by atoms with Crippen LogP contribution in [0.25, 0.3) is 0 Å². The Morgan fingerprint density at radius 3 is 2.74 bits per heavy atom. The topological polar surface area (TPSA) is 46.9 Å². The predicted molar refractivity (Wildman–Crippen MR) is 126 cm³/mol. The van der Waals surface area contributed by atoms with E-state index in [2.05, 4.69) is 10.3 Å². The smallest absolute Gasteiger partial charge is 0.348 e. The molecule has 1 aromatic heterocycles. The highest BCUT2D eigenvalue weighted by Gasteiger charge is 2.30. The van der Waals surface area contributed by atoms with Crippen LogP contribution in [0.15, 0.2) is 48.7 Å². The third-order valence-corrected chi connectivity index (χ3v) is 6.57. The van der Waals surface area contributed by atoms with Crippen molar-refractivity contribution in [3.05, 3.63) is 88.3 Å². The first-order valence-corrected chi connectivity index (χ1v) is 11.9. The van der Waals surface area contributed by atoms with E-state index in [0.717, 1.165) is 49.3 Å². The summed E-state index contributed by atoms with van der Waals surface area (Å²) in [6, 6.07) is 10.3. The van der Waals surface area contributed by atoms with Gasteiger partial charge in [0, 0.05) is 25.2 Å². The molecule has 0 radical (unpaired) electrons. The van der Waals surface area contributed by atoms with Gasteiger partial charge in [0.25, 0.3) is 5.91 Å². The molecule has 1 aliphatic heterocycles. The molecule has 2 unspecified atom stereocenters. The van der Waals surface area contributed by atoms with Gasteiger partial charge in [0.2, 0.25) is 0 Å². The number of aryl methyl sites for hydroxylation is 3. The number of carbonyl (C=O) groups excluding carboxylic acids is 1. The Labute approximate surface area is 202 Å². The number of imidazole rings is 1. The minimum atomic E-state index is -4.37. The quantitative estimate of drug-likeness (QED) is 0.422. The van der Waals surface area contributed by atoms with E-state index in [0.29, 0.717) is 35.6 Å². The fourth-order valence-corrected chi connectivity index (χ4v) is 4.61. The molecule has 0 aliphatic carbocycles. The number of carbonyl (C=O) groups is 1. The number of rotatable bonds is 7. The molecule has 0 fully saturated rings. The van der Waals surface area contributed by atoms with Crippen molar-refractivity contribution in [2.24, 2.45) is 5.92 Å². The highest BCUT2D eigenvalue weighted by molar-refractivity contribution is 5.92. The van der Waals surface area contributed by atoms with Crippen LogP contribution in [0.1, 0.15) is 58.3 Å². The Hall–Kier alpha value is -3.16. The molecule has 1 N–H and O–H groups in total. The highest BCUT2D eigenvalue weighted by atomic mass is 19.4. The molecule has 1 aliphatic rings. The number of alkyl halides is 3. The van der Waals surface area contributed by atoms with Crippen molar-refractivity contribution < 1.29 is 22.4 Å². The van der Waals surface area contributed by atoms with E-state index in [1.54, 1.807) is 19.2 Å². The van der Waals surface area contributed by atoms with Gasteiger partial charge in [0.1, 0.15) is 17.3 Å². The molecular formula is C27H29F4N3O. The van der Waals surface area contributed by atoms with Crippen molar-refractivity contribution in [2.45, 2.75) is 64.7 Å². The van der Waals surface area contributed by atoms with Crippen LogP contribution in [-0.4, -0.2) is 21.5 Å². The summed E-state index contributed by atoms with van der Waals surface area (Å²) in [6.07, 6.45) is 0.895. The highest BCUT2D eigenvalue weighted by Crippen LogP contribution is 2.30. The number of halogens is 4. The Bertz CT molecular complexity index is 1200. The summed E-state index contributed by atoms with van der Waals surface area (Å²) in [4.78, 5) is 17.2. The molecule has 35 heavy (non-hydrogen) atoms. The fourth-order valence-electron chi connectivity index (χ4n) is 4.61. The van der Waals surface area contributed by atoms with Gasteiger partial charge >= 0.3 is 6.18 Å². The van der Waals surface area contributed by atoms with Crippen LogP contribution >= 0.6 is 0 Å². The zero-order valence-electron chi connectivity index (χ0n) is 19.8. The normalized spacial score (nSPS) is 16.6. The molecule has 186 valence electrons. The Kier molecular flexibility index (Phi) is 7.28. The first-order valence-electron chi connectivity index (χ1n) is 11.9. The fraction of sp³-hybridized carbons (Fsp3) is 0.407. The Morgan fingerprint density at radius 1 is 1.20 bits per heavy atom. The predicted octanol–water partition coefficient (Wildman–Crippen LogP) is 5.91. The molecule has 4 nitrogen and oxygen atoms in total. The molecule has 1 amide bonds. The molecule has 0 saturated heterocycles. The monoisotopic (exact) mass is 487 g/mol.